The number of hydrogen-bond donors (Lipinski definition) is 2. The zero-order valence-electron chi connectivity index (χ0n) is 17.2. The molecule has 2 N–H and O–H groups in total. The summed E-state index contributed by atoms with van der Waals surface area (Å²) in [6, 6.07) is 0.666. The Morgan fingerprint density at radius 3 is 2.65 bits per heavy atom. The van der Waals surface area contributed by atoms with Crippen molar-refractivity contribution in [3.05, 3.63) is 0 Å². The van der Waals surface area contributed by atoms with Gasteiger partial charge in [0.15, 0.2) is 5.96 Å². The minimum absolute atomic E-state index is 0.104. The summed E-state index contributed by atoms with van der Waals surface area (Å²) in [6.07, 6.45) is 3.08. The Morgan fingerprint density at radius 1 is 1.23 bits per heavy atom. The average Bonchev–Trinajstić information content (AvgIpc) is 3.18. The lowest BCUT2D eigenvalue weighted by molar-refractivity contribution is 0.0507. The van der Waals surface area contributed by atoms with Gasteiger partial charge in [0.1, 0.15) is 5.60 Å². The summed E-state index contributed by atoms with van der Waals surface area (Å²) in [6.45, 7) is 15.6. The van der Waals surface area contributed by atoms with Crippen LogP contribution in [0.2, 0.25) is 0 Å². The van der Waals surface area contributed by atoms with Crippen LogP contribution in [0.1, 0.15) is 53.9 Å². The van der Waals surface area contributed by atoms with Gasteiger partial charge in [-0.15, -0.1) is 0 Å². The van der Waals surface area contributed by atoms with Gasteiger partial charge in [-0.05, 0) is 60.0 Å². The van der Waals surface area contributed by atoms with Crippen molar-refractivity contribution in [2.45, 2.75) is 71.6 Å². The first-order chi connectivity index (χ1) is 12.3. The number of amides is 1. The molecule has 2 fully saturated rings. The van der Waals surface area contributed by atoms with Crippen molar-refractivity contribution in [3.8, 4) is 0 Å². The van der Waals surface area contributed by atoms with Crippen LogP contribution in [0.3, 0.4) is 0 Å². The Hall–Kier alpha value is -1.50. The highest BCUT2D eigenvalue weighted by molar-refractivity contribution is 5.80. The van der Waals surface area contributed by atoms with Crippen molar-refractivity contribution < 1.29 is 9.53 Å². The fourth-order valence-electron chi connectivity index (χ4n) is 3.68. The summed E-state index contributed by atoms with van der Waals surface area (Å²) in [5.41, 5.74) is -0.467. The van der Waals surface area contributed by atoms with Crippen molar-refractivity contribution in [1.82, 2.24) is 20.4 Å². The third-order valence-electron chi connectivity index (χ3n) is 4.90. The first-order valence-electron chi connectivity index (χ1n) is 10.1. The topological polar surface area (TPSA) is 69.2 Å². The van der Waals surface area contributed by atoms with E-state index in [0.717, 1.165) is 45.1 Å². The predicted octanol–water partition coefficient (Wildman–Crippen LogP) is 2.04. The highest BCUT2D eigenvalue weighted by Gasteiger charge is 2.28. The number of nitrogens with one attached hydrogen (secondary N) is 2. The van der Waals surface area contributed by atoms with Crippen molar-refractivity contribution in [2.75, 3.05) is 39.3 Å². The molecular formula is C19H37N5O2. The smallest absolute Gasteiger partial charge is 0.407 e. The Labute approximate surface area is 158 Å². The van der Waals surface area contributed by atoms with E-state index in [1.54, 1.807) is 0 Å². The van der Waals surface area contributed by atoms with E-state index < -0.39 is 5.60 Å². The van der Waals surface area contributed by atoms with Crippen LogP contribution in [0.5, 0.6) is 0 Å². The van der Waals surface area contributed by atoms with E-state index in [4.69, 9.17) is 9.73 Å². The fourth-order valence-corrected chi connectivity index (χ4v) is 3.68. The second-order valence-corrected chi connectivity index (χ2v) is 8.20. The Bertz CT molecular complexity index is 489. The molecule has 7 nitrogen and oxygen atoms in total. The molecule has 0 aromatic rings. The number of ether oxygens (including phenoxy) is 1. The van der Waals surface area contributed by atoms with Crippen LogP contribution in [-0.4, -0.2) is 78.8 Å². The molecule has 7 heteroatoms. The first-order valence-corrected chi connectivity index (χ1v) is 10.1. The molecule has 0 spiro atoms. The molecule has 0 aromatic carbocycles. The summed E-state index contributed by atoms with van der Waals surface area (Å²) < 4.78 is 5.36. The van der Waals surface area contributed by atoms with Crippen LogP contribution in [0.4, 0.5) is 4.79 Å². The van der Waals surface area contributed by atoms with Gasteiger partial charge < -0.3 is 20.3 Å². The molecule has 0 saturated carbocycles. The molecule has 2 atom stereocenters. The average molecular weight is 368 g/mol. The Morgan fingerprint density at radius 2 is 2.00 bits per heavy atom. The maximum absolute atomic E-state index is 12.0. The summed E-state index contributed by atoms with van der Waals surface area (Å²) >= 11 is 0. The predicted molar refractivity (Wildman–Crippen MR) is 106 cm³/mol. The molecule has 2 rings (SSSR count). The Kier molecular flexibility index (Phi) is 7.55. The van der Waals surface area contributed by atoms with Crippen LogP contribution in [0.25, 0.3) is 0 Å². The maximum Gasteiger partial charge on any atom is 0.407 e. The van der Waals surface area contributed by atoms with Crippen molar-refractivity contribution in [1.29, 1.82) is 0 Å². The van der Waals surface area contributed by atoms with Gasteiger partial charge in [-0.1, -0.05) is 6.92 Å². The van der Waals surface area contributed by atoms with E-state index in [9.17, 15) is 4.79 Å². The lowest BCUT2D eigenvalue weighted by atomic mass is 10.2. The normalized spacial score (nSPS) is 24.8. The van der Waals surface area contributed by atoms with Gasteiger partial charge in [-0.3, -0.25) is 9.89 Å². The van der Waals surface area contributed by atoms with Gasteiger partial charge in [-0.25, -0.2) is 4.79 Å². The molecule has 2 aliphatic heterocycles. The van der Waals surface area contributed by atoms with E-state index in [1.807, 2.05) is 20.8 Å². The lowest BCUT2D eigenvalue weighted by Crippen LogP contribution is -2.44. The van der Waals surface area contributed by atoms with Gasteiger partial charge in [0, 0.05) is 25.7 Å². The van der Waals surface area contributed by atoms with Crippen LogP contribution in [0.15, 0.2) is 4.99 Å². The monoisotopic (exact) mass is 367 g/mol. The molecule has 2 saturated heterocycles. The molecule has 2 unspecified atom stereocenters. The summed E-state index contributed by atoms with van der Waals surface area (Å²) in [7, 11) is 0. The number of likely N-dealkylation sites (N-methyl/N-ethyl adjacent to an activating group) is 1. The van der Waals surface area contributed by atoms with E-state index in [1.165, 1.54) is 19.4 Å². The fraction of sp³-hybridized carbons (Fsp3) is 0.895. The van der Waals surface area contributed by atoms with Gasteiger partial charge in [0.2, 0.25) is 0 Å². The molecule has 0 aromatic heterocycles. The highest BCUT2D eigenvalue weighted by atomic mass is 16.6. The van der Waals surface area contributed by atoms with E-state index in [0.29, 0.717) is 6.04 Å². The number of hydrogen-bond acceptors (Lipinski definition) is 4. The third kappa shape index (κ3) is 6.34. The second-order valence-electron chi connectivity index (χ2n) is 8.20. The standard InChI is InChI=1S/C19H37N5O2/c1-6-20-17(21-13-16-9-8-11-23(16)7-2)24-12-10-15(14-24)22-18(25)26-19(3,4)5/h15-16H,6-14H2,1-5H3,(H,20,21)(H,22,25). The van der Waals surface area contributed by atoms with Crippen LogP contribution in [0, 0.1) is 0 Å². The number of likely N-dealkylation sites (tertiary alicyclic amines) is 2. The number of nitrogens with zero attached hydrogens (tertiary/aromatic N) is 3. The molecular weight excluding hydrogens is 330 g/mol. The minimum Gasteiger partial charge on any atom is -0.444 e. The van der Waals surface area contributed by atoms with Crippen molar-refractivity contribution in [2.24, 2.45) is 4.99 Å². The summed E-state index contributed by atoms with van der Waals surface area (Å²) in [5, 5.41) is 6.39. The Balaban J connectivity index is 1.88. The molecule has 150 valence electrons. The molecule has 0 radical (unpaired) electrons. The maximum atomic E-state index is 12.0. The molecule has 2 aliphatic rings. The minimum atomic E-state index is -0.467. The van der Waals surface area contributed by atoms with Crippen molar-refractivity contribution >= 4 is 12.1 Å². The zero-order chi connectivity index (χ0) is 19.2. The first kappa shape index (κ1) is 20.8. The number of carbonyl (C=O) groups is 1. The SMILES string of the molecule is CCNC(=NCC1CCCN1CC)N1CCC(NC(=O)OC(C)(C)C)C1. The molecule has 0 aliphatic carbocycles. The lowest BCUT2D eigenvalue weighted by Gasteiger charge is -2.25. The largest absolute Gasteiger partial charge is 0.444 e. The van der Waals surface area contributed by atoms with Gasteiger partial charge in [0.05, 0.1) is 12.6 Å². The summed E-state index contributed by atoms with van der Waals surface area (Å²) in [4.78, 5) is 21.6. The van der Waals surface area contributed by atoms with Gasteiger partial charge in [0.25, 0.3) is 0 Å². The quantitative estimate of drug-likeness (QED) is 0.575. The summed E-state index contributed by atoms with van der Waals surface area (Å²) in [5.74, 6) is 0.962. The highest BCUT2D eigenvalue weighted by Crippen LogP contribution is 2.17. The van der Waals surface area contributed by atoms with Crippen molar-refractivity contribution in [3.63, 3.8) is 0 Å². The number of rotatable bonds is 5. The number of guanidine groups is 1. The second kappa shape index (κ2) is 9.44. The van der Waals surface area contributed by atoms with E-state index >= 15 is 0 Å². The molecule has 26 heavy (non-hydrogen) atoms. The van der Waals surface area contributed by atoms with Crippen LogP contribution < -0.4 is 10.6 Å². The molecule has 1 amide bonds. The van der Waals surface area contributed by atoms with E-state index in [2.05, 4.69) is 34.3 Å². The molecule has 2 heterocycles. The molecule has 0 bridgehead atoms. The number of carbonyl (C=O) groups excluding carboxylic acids is 1. The van der Waals surface area contributed by atoms with Crippen LogP contribution >= 0.6 is 0 Å². The van der Waals surface area contributed by atoms with Crippen LogP contribution in [-0.2, 0) is 4.74 Å². The van der Waals surface area contributed by atoms with Gasteiger partial charge in [-0.2, -0.15) is 0 Å². The number of alkyl carbamates (subject to hydrolysis) is 1. The van der Waals surface area contributed by atoms with Gasteiger partial charge >= 0.3 is 6.09 Å². The number of aliphatic imine (C=N–C) groups is 1. The van der Waals surface area contributed by atoms with E-state index in [-0.39, 0.29) is 12.1 Å². The zero-order valence-corrected chi connectivity index (χ0v) is 17.2. The third-order valence-corrected chi connectivity index (χ3v) is 4.90.